The molecule has 17 heavy (non-hydrogen) atoms. The van der Waals surface area contributed by atoms with Crippen molar-refractivity contribution in [3.05, 3.63) is 0 Å². The van der Waals surface area contributed by atoms with Crippen LogP contribution in [0.25, 0.3) is 0 Å². The highest BCUT2D eigenvalue weighted by atomic mass is 16.5. The molecule has 2 fully saturated rings. The Morgan fingerprint density at radius 1 is 1.59 bits per heavy atom. The molecule has 2 saturated heterocycles. The third kappa shape index (κ3) is 1.82. The first-order valence-electron chi connectivity index (χ1n) is 5.92. The van der Waals surface area contributed by atoms with Gasteiger partial charge in [0.1, 0.15) is 5.72 Å². The normalized spacial score (nSPS) is 34.9. The van der Waals surface area contributed by atoms with Gasteiger partial charge < -0.3 is 14.4 Å². The largest absolute Gasteiger partial charge is 0.469 e. The molecule has 0 spiro atoms. The SMILES string of the molecule is COC(=O)C[C@H]1[C@H](C)C(=O)N2[C@@H]1COC2(C)C. The minimum Gasteiger partial charge on any atom is -0.469 e. The summed E-state index contributed by atoms with van der Waals surface area (Å²) in [6, 6.07) is 0.00611. The van der Waals surface area contributed by atoms with Crippen molar-refractivity contribution in [1.29, 1.82) is 0 Å². The van der Waals surface area contributed by atoms with Crippen molar-refractivity contribution in [3.63, 3.8) is 0 Å². The first kappa shape index (κ1) is 12.4. The van der Waals surface area contributed by atoms with Gasteiger partial charge in [-0.1, -0.05) is 6.92 Å². The van der Waals surface area contributed by atoms with E-state index in [4.69, 9.17) is 4.74 Å². The molecule has 0 saturated carbocycles. The second kappa shape index (κ2) is 3.98. The van der Waals surface area contributed by atoms with Gasteiger partial charge >= 0.3 is 5.97 Å². The van der Waals surface area contributed by atoms with Crippen molar-refractivity contribution in [3.8, 4) is 0 Å². The highest BCUT2D eigenvalue weighted by Crippen LogP contribution is 2.42. The molecule has 3 atom stereocenters. The van der Waals surface area contributed by atoms with Gasteiger partial charge in [0, 0.05) is 11.8 Å². The van der Waals surface area contributed by atoms with Crippen LogP contribution in [0.3, 0.4) is 0 Å². The summed E-state index contributed by atoms with van der Waals surface area (Å²) in [7, 11) is 1.37. The van der Waals surface area contributed by atoms with Crippen molar-refractivity contribution < 1.29 is 19.1 Å². The summed E-state index contributed by atoms with van der Waals surface area (Å²) in [5, 5.41) is 0. The number of hydrogen-bond donors (Lipinski definition) is 0. The molecule has 0 radical (unpaired) electrons. The molecule has 0 bridgehead atoms. The maximum Gasteiger partial charge on any atom is 0.305 e. The molecule has 2 rings (SSSR count). The Hall–Kier alpha value is -1.10. The first-order chi connectivity index (χ1) is 7.88. The third-order valence-corrected chi connectivity index (χ3v) is 3.91. The minimum absolute atomic E-state index is 0.00303. The van der Waals surface area contributed by atoms with Crippen LogP contribution in [0, 0.1) is 11.8 Å². The smallest absolute Gasteiger partial charge is 0.305 e. The van der Waals surface area contributed by atoms with E-state index in [2.05, 4.69) is 4.74 Å². The zero-order valence-corrected chi connectivity index (χ0v) is 10.7. The van der Waals surface area contributed by atoms with Crippen molar-refractivity contribution in [2.75, 3.05) is 13.7 Å². The Bertz CT molecular complexity index is 352. The molecule has 0 aromatic heterocycles. The van der Waals surface area contributed by atoms with Gasteiger partial charge in [-0.3, -0.25) is 9.59 Å². The van der Waals surface area contributed by atoms with Gasteiger partial charge in [-0.25, -0.2) is 0 Å². The van der Waals surface area contributed by atoms with Crippen LogP contribution < -0.4 is 0 Å². The van der Waals surface area contributed by atoms with Gasteiger partial charge in [-0.05, 0) is 13.8 Å². The summed E-state index contributed by atoms with van der Waals surface area (Å²) in [4.78, 5) is 25.3. The van der Waals surface area contributed by atoms with Crippen LogP contribution in [-0.4, -0.2) is 42.3 Å². The first-order valence-corrected chi connectivity index (χ1v) is 5.92. The predicted molar refractivity (Wildman–Crippen MR) is 60.0 cm³/mol. The van der Waals surface area contributed by atoms with Crippen LogP contribution in [0.2, 0.25) is 0 Å². The molecule has 0 N–H and O–H groups in total. The minimum atomic E-state index is -0.555. The zero-order valence-electron chi connectivity index (χ0n) is 10.7. The average molecular weight is 241 g/mol. The lowest BCUT2D eigenvalue weighted by Gasteiger charge is -2.29. The van der Waals surface area contributed by atoms with Crippen LogP contribution in [0.4, 0.5) is 0 Å². The summed E-state index contributed by atoms with van der Waals surface area (Å²) in [6.45, 7) is 6.16. The Morgan fingerprint density at radius 3 is 2.82 bits per heavy atom. The number of rotatable bonds is 2. The Kier molecular flexibility index (Phi) is 2.89. The highest BCUT2D eigenvalue weighted by Gasteiger charge is 2.55. The summed E-state index contributed by atoms with van der Waals surface area (Å²) in [6.07, 6.45) is 0.282. The van der Waals surface area contributed by atoms with Gasteiger partial charge in [0.25, 0.3) is 0 Å². The molecule has 0 aromatic rings. The quantitative estimate of drug-likeness (QED) is 0.670. The summed E-state index contributed by atoms with van der Waals surface area (Å²) >= 11 is 0. The van der Waals surface area contributed by atoms with E-state index in [1.807, 2.05) is 20.8 Å². The van der Waals surface area contributed by atoms with Gasteiger partial charge in [-0.2, -0.15) is 0 Å². The van der Waals surface area contributed by atoms with Gasteiger partial charge in [0.05, 0.1) is 26.2 Å². The van der Waals surface area contributed by atoms with E-state index >= 15 is 0 Å². The van der Waals surface area contributed by atoms with E-state index in [1.54, 1.807) is 4.90 Å². The molecular weight excluding hydrogens is 222 g/mol. The van der Waals surface area contributed by atoms with E-state index < -0.39 is 5.72 Å². The summed E-state index contributed by atoms with van der Waals surface area (Å²) in [5.41, 5.74) is -0.555. The van der Waals surface area contributed by atoms with E-state index in [9.17, 15) is 9.59 Å². The van der Waals surface area contributed by atoms with Crippen molar-refractivity contribution in [2.24, 2.45) is 11.8 Å². The molecule has 2 aliphatic heterocycles. The van der Waals surface area contributed by atoms with Crippen LogP contribution in [0.1, 0.15) is 27.2 Å². The van der Waals surface area contributed by atoms with Crippen LogP contribution >= 0.6 is 0 Å². The monoisotopic (exact) mass is 241 g/mol. The fourth-order valence-corrected chi connectivity index (χ4v) is 2.90. The molecule has 1 amide bonds. The molecule has 2 aliphatic rings. The van der Waals surface area contributed by atoms with Crippen molar-refractivity contribution in [2.45, 2.75) is 39.0 Å². The number of esters is 1. The van der Waals surface area contributed by atoms with E-state index in [-0.39, 0.29) is 36.2 Å². The second-order valence-electron chi connectivity index (χ2n) is 5.27. The van der Waals surface area contributed by atoms with Crippen LogP contribution in [0.5, 0.6) is 0 Å². The van der Waals surface area contributed by atoms with Crippen LogP contribution in [-0.2, 0) is 19.1 Å². The number of carbonyl (C=O) groups excluding carboxylic acids is 2. The average Bonchev–Trinajstić information content (AvgIpc) is 2.70. The molecule has 96 valence electrons. The molecular formula is C12H19NO4. The van der Waals surface area contributed by atoms with Gasteiger partial charge in [0.15, 0.2) is 0 Å². The molecule has 2 heterocycles. The summed E-state index contributed by atoms with van der Waals surface area (Å²) in [5.74, 6) is -0.327. The highest BCUT2D eigenvalue weighted by molar-refractivity contribution is 5.84. The molecule has 5 heteroatoms. The zero-order chi connectivity index (χ0) is 12.8. The molecule has 5 nitrogen and oxygen atoms in total. The fourth-order valence-electron chi connectivity index (χ4n) is 2.90. The van der Waals surface area contributed by atoms with E-state index in [0.717, 1.165) is 0 Å². The van der Waals surface area contributed by atoms with E-state index in [0.29, 0.717) is 6.61 Å². The lowest BCUT2D eigenvalue weighted by Crippen LogP contribution is -2.44. The number of nitrogens with zero attached hydrogens (tertiary/aromatic N) is 1. The number of carbonyl (C=O) groups is 2. The number of amides is 1. The lowest BCUT2D eigenvalue weighted by atomic mass is 9.89. The van der Waals surface area contributed by atoms with E-state index in [1.165, 1.54) is 7.11 Å². The topological polar surface area (TPSA) is 55.8 Å². The predicted octanol–water partition coefficient (Wildman–Crippen LogP) is 0.779. The van der Waals surface area contributed by atoms with Crippen molar-refractivity contribution >= 4 is 11.9 Å². The molecule has 0 unspecified atom stereocenters. The van der Waals surface area contributed by atoms with Crippen molar-refractivity contribution in [1.82, 2.24) is 4.90 Å². The number of methoxy groups -OCH3 is 1. The van der Waals surface area contributed by atoms with Gasteiger partial charge in [0.2, 0.25) is 5.91 Å². The number of hydrogen-bond acceptors (Lipinski definition) is 4. The summed E-state index contributed by atoms with van der Waals surface area (Å²) < 4.78 is 10.3. The Balaban J connectivity index is 2.20. The number of fused-ring (bicyclic) bond motifs is 1. The third-order valence-electron chi connectivity index (χ3n) is 3.91. The van der Waals surface area contributed by atoms with Gasteiger partial charge in [-0.15, -0.1) is 0 Å². The molecule has 0 aromatic carbocycles. The lowest BCUT2D eigenvalue weighted by molar-refractivity contribution is -0.144. The Morgan fingerprint density at radius 2 is 2.24 bits per heavy atom. The van der Waals surface area contributed by atoms with Crippen LogP contribution in [0.15, 0.2) is 0 Å². The molecule has 0 aliphatic carbocycles. The maximum atomic E-state index is 12.2. The Labute approximate surface area is 101 Å². The second-order valence-corrected chi connectivity index (χ2v) is 5.27. The maximum absolute atomic E-state index is 12.2. The fraction of sp³-hybridized carbons (Fsp3) is 0.833. The number of ether oxygens (including phenoxy) is 2. The standard InChI is InChI=1S/C12H19NO4/c1-7-8(5-10(14)16-4)9-6-17-12(2,3)13(9)11(7)15/h7-9H,5-6H2,1-4H3/t7-,8-,9+/m0/s1.